The summed E-state index contributed by atoms with van der Waals surface area (Å²) in [6.45, 7) is 8.91. The molecule has 0 bridgehead atoms. The average molecular weight is 325 g/mol. The van der Waals surface area contributed by atoms with Crippen LogP contribution >= 0.6 is 0 Å². The Morgan fingerprint density at radius 1 is 1.17 bits per heavy atom. The lowest BCUT2D eigenvalue weighted by Crippen LogP contribution is -2.59. The van der Waals surface area contributed by atoms with Crippen molar-refractivity contribution in [1.29, 1.82) is 0 Å². The number of pyridine rings is 1. The molecule has 4 nitrogen and oxygen atoms in total. The molecule has 0 aliphatic carbocycles. The molecule has 24 heavy (non-hydrogen) atoms. The lowest BCUT2D eigenvalue weighted by Gasteiger charge is -2.48. The number of piperazine rings is 1. The van der Waals surface area contributed by atoms with Crippen LogP contribution in [0.3, 0.4) is 0 Å². The number of benzene rings is 1. The first-order valence-electron chi connectivity index (χ1n) is 8.61. The highest BCUT2D eigenvalue weighted by Gasteiger charge is 2.33. The molecule has 0 amide bonds. The Labute approximate surface area is 145 Å². The minimum Gasteiger partial charge on any atom is -0.497 e. The molecule has 3 rings (SSSR count). The zero-order valence-electron chi connectivity index (χ0n) is 14.9. The van der Waals surface area contributed by atoms with Gasteiger partial charge in [-0.15, -0.1) is 0 Å². The van der Waals surface area contributed by atoms with Gasteiger partial charge in [0.25, 0.3) is 0 Å². The summed E-state index contributed by atoms with van der Waals surface area (Å²) in [6.07, 6.45) is 4.86. The van der Waals surface area contributed by atoms with Crippen molar-refractivity contribution in [1.82, 2.24) is 9.88 Å². The lowest BCUT2D eigenvalue weighted by atomic mass is 9.97. The van der Waals surface area contributed by atoms with E-state index in [9.17, 15) is 0 Å². The smallest absolute Gasteiger partial charge is 0.120 e. The van der Waals surface area contributed by atoms with E-state index < -0.39 is 0 Å². The number of methoxy groups -OCH3 is 1. The van der Waals surface area contributed by atoms with Gasteiger partial charge >= 0.3 is 0 Å². The van der Waals surface area contributed by atoms with Crippen LogP contribution in [0.4, 0.5) is 5.69 Å². The highest BCUT2D eigenvalue weighted by molar-refractivity contribution is 5.53. The van der Waals surface area contributed by atoms with Gasteiger partial charge in [0.15, 0.2) is 0 Å². The van der Waals surface area contributed by atoms with Crippen molar-refractivity contribution in [2.24, 2.45) is 0 Å². The van der Waals surface area contributed by atoms with Gasteiger partial charge in [0.05, 0.1) is 7.11 Å². The molecular weight excluding hydrogens is 298 g/mol. The molecule has 1 saturated heterocycles. The lowest BCUT2D eigenvalue weighted by molar-refractivity contribution is 0.184. The average Bonchev–Trinajstić information content (AvgIpc) is 2.60. The van der Waals surface area contributed by atoms with E-state index in [0.29, 0.717) is 0 Å². The van der Waals surface area contributed by atoms with Crippen molar-refractivity contribution in [3.8, 4) is 5.75 Å². The Bertz CT molecular complexity index is 657. The van der Waals surface area contributed by atoms with Crippen molar-refractivity contribution >= 4 is 5.69 Å². The molecule has 2 heterocycles. The Morgan fingerprint density at radius 2 is 2.04 bits per heavy atom. The maximum Gasteiger partial charge on any atom is 0.120 e. The summed E-state index contributed by atoms with van der Waals surface area (Å²) in [7, 11) is 1.72. The summed E-state index contributed by atoms with van der Waals surface area (Å²) in [5.41, 5.74) is 2.65. The molecule has 1 aliphatic rings. The molecule has 0 saturated carbocycles. The van der Waals surface area contributed by atoms with Crippen molar-refractivity contribution < 1.29 is 4.74 Å². The Morgan fingerprint density at radius 3 is 2.75 bits per heavy atom. The summed E-state index contributed by atoms with van der Waals surface area (Å²) in [5.74, 6) is 0.919. The van der Waals surface area contributed by atoms with Gasteiger partial charge in [0.1, 0.15) is 5.75 Å². The summed E-state index contributed by atoms with van der Waals surface area (Å²) in [6, 6.07) is 12.5. The van der Waals surface area contributed by atoms with Gasteiger partial charge in [0.2, 0.25) is 0 Å². The van der Waals surface area contributed by atoms with Crippen LogP contribution in [-0.4, -0.2) is 48.7 Å². The predicted molar refractivity (Wildman–Crippen MR) is 98.8 cm³/mol. The van der Waals surface area contributed by atoms with E-state index in [1.807, 2.05) is 24.5 Å². The summed E-state index contributed by atoms with van der Waals surface area (Å²) in [4.78, 5) is 9.26. The van der Waals surface area contributed by atoms with Crippen LogP contribution in [0.2, 0.25) is 0 Å². The third-order valence-electron chi connectivity index (χ3n) is 4.79. The monoisotopic (exact) mass is 325 g/mol. The molecule has 4 heteroatoms. The SMILES string of the molecule is COc1cccc(N2CCN(CCc3cccnc3)CC2(C)C)c1. The molecule has 0 spiro atoms. The zero-order chi connectivity index (χ0) is 17.0. The van der Waals surface area contributed by atoms with Gasteiger partial charge in [-0.05, 0) is 44.0 Å². The highest BCUT2D eigenvalue weighted by Crippen LogP contribution is 2.30. The van der Waals surface area contributed by atoms with Crippen LogP contribution in [0.25, 0.3) is 0 Å². The minimum atomic E-state index is 0.0968. The topological polar surface area (TPSA) is 28.6 Å². The first-order valence-corrected chi connectivity index (χ1v) is 8.61. The van der Waals surface area contributed by atoms with Crippen molar-refractivity contribution in [3.63, 3.8) is 0 Å². The fourth-order valence-electron chi connectivity index (χ4n) is 3.54. The number of aromatic nitrogens is 1. The normalized spacial score (nSPS) is 17.7. The van der Waals surface area contributed by atoms with Gasteiger partial charge in [0, 0.05) is 55.9 Å². The number of anilines is 1. The third kappa shape index (κ3) is 3.88. The molecule has 2 aromatic rings. The largest absolute Gasteiger partial charge is 0.497 e. The van der Waals surface area contributed by atoms with E-state index in [2.05, 4.69) is 52.9 Å². The van der Waals surface area contributed by atoms with Crippen molar-refractivity contribution in [3.05, 3.63) is 54.4 Å². The van der Waals surface area contributed by atoms with Crippen molar-refractivity contribution in [2.75, 3.05) is 38.2 Å². The quantitative estimate of drug-likeness (QED) is 0.844. The molecule has 1 aromatic carbocycles. The summed E-state index contributed by atoms with van der Waals surface area (Å²) in [5, 5.41) is 0. The standard InChI is InChI=1S/C20H27N3O/c1-20(2)16-22(11-9-17-6-5-10-21-15-17)12-13-23(20)18-7-4-8-19(14-18)24-3/h4-8,10,14-15H,9,11-13,16H2,1-3H3. The number of hydrogen-bond donors (Lipinski definition) is 0. The summed E-state index contributed by atoms with van der Waals surface area (Å²) >= 11 is 0. The zero-order valence-corrected chi connectivity index (χ0v) is 14.9. The first-order chi connectivity index (χ1) is 11.6. The van der Waals surface area contributed by atoms with E-state index in [1.165, 1.54) is 11.3 Å². The van der Waals surface area contributed by atoms with Gasteiger partial charge in [-0.25, -0.2) is 0 Å². The molecule has 0 radical (unpaired) electrons. The second-order valence-corrected chi connectivity index (χ2v) is 7.05. The molecule has 0 N–H and O–H groups in total. The van der Waals surface area contributed by atoms with Crippen LogP contribution in [0.5, 0.6) is 5.75 Å². The number of rotatable bonds is 5. The molecule has 1 aliphatic heterocycles. The molecule has 0 atom stereocenters. The number of ether oxygens (including phenoxy) is 1. The van der Waals surface area contributed by atoms with Crippen LogP contribution in [0.15, 0.2) is 48.8 Å². The highest BCUT2D eigenvalue weighted by atomic mass is 16.5. The maximum atomic E-state index is 5.38. The predicted octanol–water partition coefficient (Wildman–Crippen LogP) is 3.23. The van der Waals surface area contributed by atoms with Gasteiger partial charge in [-0.2, -0.15) is 0 Å². The molecule has 128 valence electrons. The third-order valence-corrected chi connectivity index (χ3v) is 4.79. The summed E-state index contributed by atoms with van der Waals surface area (Å²) < 4.78 is 5.38. The molecule has 1 fully saturated rings. The molecule has 0 unspecified atom stereocenters. The maximum absolute atomic E-state index is 5.38. The van der Waals surface area contributed by atoms with Crippen molar-refractivity contribution in [2.45, 2.75) is 25.8 Å². The van der Waals surface area contributed by atoms with E-state index in [1.54, 1.807) is 7.11 Å². The Balaban J connectivity index is 1.64. The van der Waals surface area contributed by atoms with E-state index in [-0.39, 0.29) is 5.54 Å². The second-order valence-electron chi connectivity index (χ2n) is 7.05. The number of nitrogens with zero attached hydrogens (tertiary/aromatic N) is 3. The second kappa shape index (κ2) is 7.22. The van der Waals surface area contributed by atoms with Gasteiger partial charge < -0.3 is 9.64 Å². The van der Waals surface area contributed by atoms with Crippen LogP contribution < -0.4 is 9.64 Å². The molecule has 1 aromatic heterocycles. The van der Waals surface area contributed by atoms with Gasteiger partial charge in [-0.3, -0.25) is 9.88 Å². The fraction of sp³-hybridized carbons (Fsp3) is 0.450. The molecular formula is C20H27N3O. The minimum absolute atomic E-state index is 0.0968. The van der Waals surface area contributed by atoms with E-state index in [4.69, 9.17) is 4.74 Å². The first kappa shape index (κ1) is 16.8. The number of hydrogen-bond acceptors (Lipinski definition) is 4. The van der Waals surface area contributed by atoms with Crippen LogP contribution in [-0.2, 0) is 6.42 Å². The Hall–Kier alpha value is -2.07. The fourth-order valence-corrected chi connectivity index (χ4v) is 3.54. The van der Waals surface area contributed by atoms with Crippen LogP contribution in [0.1, 0.15) is 19.4 Å². The van der Waals surface area contributed by atoms with E-state index >= 15 is 0 Å². The van der Waals surface area contributed by atoms with Crippen LogP contribution in [0, 0.1) is 0 Å². The Kier molecular flexibility index (Phi) is 5.05. The van der Waals surface area contributed by atoms with E-state index in [0.717, 1.165) is 38.3 Å². The van der Waals surface area contributed by atoms with Gasteiger partial charge in [-0.1, -0.05) is 12.1 Å².